The molecule has 0 atom stereocenters. The van der Waals surface area contributed by atoms with Gasteiger partial charge in [0.25, 0.3) is 0 Å². The van der Waals surface area contributed by atoms with E-state index in [1.165, 1.54) is 25.7 Å². The Morgan fingerprint density at radius 1 is 1.33 bits per heavy atom. The van der Waals surface area contributed by atoms with E-state index in [1.807, 2.05) is 12.1 Å². The SMILES string of the molecule is COc1ccc(Cc2noc(CNC3CCCC3)n2)cn1. The zero-order valence-electron chi connectivity index (χ0n) is 12.2. The molecule has 0 radical (unpaired) electrons. The van der Waals surface area contributed by atoms with Gasteiger partial charge in [-0.3, -0.25) is 0 Å². The molecule has 1 aliphatic carbocycles. The predicted octanol–water partition coefficient (Wildman–Crippen LogP) is 2.10. The van der Waals surface area contributed by atoms with Gasteiger partial charge >= 0.3 is 0 Å². The number of pyridine rings is 1. The van der Waals surface area contributed by atoms with Gasteiger partial charge in [-0.1, -0.05) is 24.1 Å². The Morgan fingerprint density at radius 2 is 2.19 bits per heavy atom. The first-order valence-corrected chi connectivity index (χ1v) is 7.37. The van der Waals surface area contributed by atoms with E-state index in [1.54, 1.807) is 13.3 Å². The zero-order chi connectivity index (χ0) is 14.5. The van der Waals surface area contributed by atoms with Gasteiger partial charge < -0.3 is 14.6 Å². The maximum absolute atomic E-state index is 5.27. The topological polar surface area (TPSA) is 73.1 Å². The maximum Gasteiger partial charge on any atom is 0.240 e. The van der Waals surface area contributed by atoms with Crippen molar-refractivity contribution in [2.45, 2.75) is 44.7 Å². The third-order valence-corrected chi connectivity index (χ3v) is 3.78. The van der Waals surface area contributed by atoms with E-state index in [2.05, 4.69) is 20.4 Å². The molecule has 112 valence electrons. The van der Waals surface area contributed by atoms with Gasteiger partial charge in [-0.25, -0.2) is 4.98 Å². The van der Waals surface area contributed by atoms with E-state index < -0.39 is 0 Å². The third-order valence-electron chi connectivity index (χ3n) is 3.78. The number of nitrogens with one attached hydrogen (secondary N) is 1. The van der Waals surface area contributed by atoms with Gasteiger partial charge in [0.1, 0.15) is 0 Å². The standard InChI is InChI=1S/C15H20N4O2/c1-20-14-7-6-11(9-17-14)8-13-18-15(21-19-13)10-16-12-4-2-3-5-12/h6-7,9,12,16H,2-5,8,10H2,1H3. The fourth-order valence-electron chi connectivity index (χ4n) is 2.61. The quantitative estimate of drug-likeness (QED) is 0.877. The molecule has 3 rings (SSSR count). The summed E-state index contributed by atoms with van der Waals surface area (Å²) in [5.41, 5.74) is 1.03. The zero-order valence-corrected chi connectivity index (χ0v) is 12.2. The van der Waals surface area contributed by atoms with Crippen molar-refractivity contribution in [2.24, 2.45) is 0 Å². The molecule has 0 bridgehead atoms. The van der Waals surface area contributed by atoms with Gasteiger partial charge in [0.05, 0.1) is 13.7 Å². The lowest BCUT2D eigenvalue weighted by Crippen LogP contribution is -2.25. The second-order valence-electron chi connectivity index (χ2n) is 5.35. The molecule has 0 unspecified atom stereocenters. The first-order valence-electron chi connectivity index (χ1n) is 7.37. The summed E-state index contributed by atoms with van der Waals surface area (Å²) >= 11 is 0. The lowest BCUT2D eigenvalue weighted by Gasteiger charge is -2.08. The number of ether oxygens (including phenoxy) is 1. The number of nitrogens with zero attached hydrogens (tertiary/aromatic N) is 3. The highest BCUT2D eigenvalue weighted by atomic mass is 16.5. The second-order valence-corrected chi connectivity index (χ2v) is 5.35. The molecule has 2 aromatic rings. The molecule has 6 nitrogen and oxygen atoms in total. The van der Waals surface area contributed by atoms with Crippen LogP contribution in [0.25, 0.3) is 0 Å². The van der Waals surface area contributed by atoms with Crippen LogP contribution >= 0.6 is 0 Å². The number of hydrogen-bond acceptors (Lipinski definition) is 6. The Morgan fingerprint density at radius 3 is 2.90 bits per heavy atom. The molecule has 0 spiro atoms. The van der Waals surface area contributed by atoms with Crippen LogP contribution in [-0.4, -0.2) is 28.3 Å². The van der Waals surface area contributed by atoms with Crippen molar-refractivity contribution in [3.05, 3.63) is 35.6 Å². The van der Waals surface area contributed by atoms with Gasteiger partial charge in [0.15, 0.2) is 5.82 Å². The van der Waals surface area contributed by atoms with E-state index in [4.69, 9.17) is 9.26 Å². The summed E-state index contributed by atoms with van der Waals surface area (Å²) in [5, 5.41) is 7.48. The highest BCUT2D eigenvalue weighted by molar-refractivity contribution is 5.20. The van der Waals surface area contributed by atoms with Crippen LogP contribution in [0.5, 0.6) is 5.88 Å². The van der Waals surface area contributed by atoms with E-state index >= 15 is 0 Å². The minimum atomic E-state index is 0.603. The van der Waals surface area contributed by atoms with Crippen LogP contribution in [0.1, 0.15) is 43.0 Å². The molecule has 1 fully saturated rings. The molecule has 0 aromatic carbocycles. The molecule has 21 heavy (non-hydrogen) atoms. The first kappa shape index (κ1) is 14.0. The minimum Gasteiger partial charge on any atom is -0.481 e. The number of hydrogen-bond donors (Lipinski definition) is 1. The fraction of sp³-hybridized carbons (Fsp3) is 0.533. The van der Waals surface area contributed by atoms with E-state index in [0.717, 1.165) is 5.56 Å². The highest BCUT2D eigenvalue weighted by Gasteiger charge is 2.15. The van der Waals surface area contributed by atoms with Crippen LogP contribution in [0.3, 0.4) is 0 Å². The Balaban J connectivity index is 1.53. The third kappa shape index (κ3) is 3.78. The fourth-order valence-corrected chi connectivity index (χ4v) is 2.61. The molecular formula is C15H20N4O2. The van der Waals surface area contributed by atoms with Crippen LogP contribution in [0.15, 0.2) is 22.9 Å². The summed E-state index contributed by atoms with van der Waals surface area (Å²) in [7, 11) is 1.60. The molecule has 1 N–H and O–H groups in total. The predicted molar refractivity (Wildman–Crippen MR) is 77.0 cm³/mol. The second kappa shape index (κ2) is 6.67. The van der Waals surface area contributed by atoms with Crippen LogP contribution in [-0.2, 0) is 13.0 Å². The molecule has 0 aliphatic heterocycles. The number of methoxy groups -OCH3 is 1. The van der Waals surface area contributed by atoms with E-state index in [9.17, 15) is 0 Å². The minimum absolute atomic E-state index is 0.603. The first-order chi connectivity index (χ1) is 10.3. The van der Waals surface area contributed by atoms with Gasteiger partial charge in [-0.2, -0.15) is 4.98 Å². The Bertz CT molecular complexity index is 561. The van der Waals surface area contributed by atoms with Crippen molar-refractivity contribution in [1.29, 1.82) is 0 Å². The van der Waals surface area contributed by atoms with Crippen molar-refractivity contribution >= 4 is 0 Å². The monoisotopic (exact) mass is 288 g/mol. The molecule has 2 aromatic heterocycles. The van der Waals surface area contributed by atoms with Crippen molar-refractivity contribution in [1.82, 2.24) is 20.4 Å². The average molecular weight is 288 g/mol. The van der Waals surface area contributed by atoms with E-state index in [-0.39, 0.29) is 0 Å². The molecule has 1 aliphatic rings. The van der Waals surface area contributed by atoms with Gasteiger partial charge in [-0.05, 0) is 18.4 Å². The Labute approximate surface area is 123 Å². The summed E-state index contributed by atoms with van der Waals surface area (Å²) < 4.78 is 10.3. The van der Waals surface area contributed by atoms with Gasteiger partial charge in [-0.15, -0.1) is 0 Å². The van der Waals surface area contributed by atoms with E-state index in [0.29, 0.717) is 36.6 Å². The van der Waals surface area contributed by atoms with Crippen molar-refractivity contribution < 1.29 is 9.26 Å². The smallest absolute Gasteiger partial charge is 0.240 e. The summed E-state index contributed by atoms with van der Waals surface area (Å²) in [6.07, 6.45) is 7.51. The van der Waals surface area contributed by atoms with Crippen molar-refractivity contribution in [2.75, 3.05) is 7.11 Å². The summed E-state index contributed by atoms with van der Waals surface area (Å²) in [6.45, 7) is 0.651. The Hall–Kier alpha value is -1.95. The highest BCUT2D eigenvalue weighted by Crippen LogP contribution is 2.18. The van der Waals surface area contributed by atoms with Crippen molar-refractivity contribution in [3.8, 4) is 5.88 Å². The van der Waals surface area contributed by atoms with Crippen molar-refractivity contribution in [3.63, 3.8) is 0 Å². The molecule has 6 heteroatoms. The molecular weight excluding hydrogens is 268 g/mol. The lowest BCUT2D eigenvalue weighted by molar-refractivity contribution is 0.353. The average Bonchev–Trinajstić information content (AvgIpc) is 3.17. The molecule has 2 heterocycles. The van der Waals surface area contributed by atoms with Crippen LogP contribution < -0.4 is 10.1 Å². The summed E-state index contributed by atoms with van der Waals surface area (Å²) in [4.78, 5) is 8.58. The normalized spacial score (nSPS) is 15.5. The largest absolute Gasteiger partial charge is 0.481 e. The summed E-state index contributed by atoms with van der Waals surface area (Å²) in [6, 6.07) is 4.39. The lowest BCUT2D eigenvalue weighted by atomic mass is 10.2. The summed E-state index contributed by atoms with van der Waals surface area (Å²) in [5.74, 6) is 1.94. The van der Waals surface area contributed by atoms with Crippen LogP contribution in [0.4, 0.5) is 0 Å². The number of rotatable bonds is 6. The molecule has 0 amide bonds. The number of aromatic nitrogens is 3. The molecule has 1 saturated carbocycles. The van der Waals surface area contributed by atoms with Crippen LogP contribution in [0, 0.1) is 0 Å². The van der Waals surface area contributed by atoms with Gasteiger partial charge in [0.2, 0.25) is 11.8 Å². The van der Waals surface area contributed by atoms with Gasteiger partial charge in [0, 0.05) is 24.7 Å². The van der Waals surface area contributed by atoms with Crippen LogP contribution in [0.2, 0.25) is 0 Å². The molecule has 0 saturated heterocycles. The Kier molecular flexibility index (Phi) is 4.45. The maximum atomic E-state index is 5.27.